The molecule has 5 rings (SSSR count). The highest BCUT2D eigenvalue weighted by atomic mass is 35.5. The summed E-state index contributed by atoms with van der Waals surface area (Å²) in [7, 11) is 0. The number of carbonyl (C=O) groups excluding carboxylic acids is 3. The maximum absolute atomic E-state index is 13.0. The number of nitrogens with one attached hydrogen (secondary N) is 2. The molecule has 1 aromatic heterocycles. The number of piperazine rings is 1. The molecule has 3 amide bonds. The highest BCUT2D eigenvalue weighted by molar-refractivity contribution is 6.31. The number of imide groups is 1. The zero-order chi connectivity index (χ0) is 26.6. The number of aromatic nitrogens is 1. The quantitative estimate of drug-likeness (QED) is 0.280. The smallest absolute Gasteiger partial charge is 0.262 e. The average molecular weight is 537 g/mol. The van der Waals surface area contributed by atoms with Gasteiger partial charge in [0.1, 0.15) is 6.54 Å². The first-order valence-electron chi connectivity index (χ1n) is 12.6. The summed E-state index contributed by atoms with van der Waals surface area (Å²) in [6.07, 6.45) is 1.69. The molecule has 0 atom stereocenters. The Bertz CT molecular complexity index is 1370. The summed E-state index contributed by atoms with van der Waals surface area (Å²) in [6, 6.07) is 12.6. The van der Waals surface area contributed by atoms with E-state index < -0.39 is 17.7 Å². The van der Waals surface area contributed by atoms with Crippen molar-refractivity contribution in [1.82, 2.24) is 20.1 Å². The van der Waals surface area contributed by atoms with Crippen molar-refractivity contribution < 1.29 is 19.5 Å². The SMILES string of the molecule is O=C(CN1C(=O)c2ccc(N3CCN(CCO)CC3)cc2C1=O)NCCNc1ccnc2cc(Cl)ccc12. The molecule has 0 spiro atoms. The lowest BCUT2D eigenvalue weighted by Crippen LogP contribution is -2.47. The van der Waals surface area contributed by atoms with Gasteiger partial charge >= 0.3 is 0 Å². The van der Waals surface area contributed by atoms with Crippen molar-refractivity contribution in [2.24, 2.45) is 0 Å². The largest absolute Gasteiger partial charge is 0.395 e. The van der Waals surface area contributed by atoms with Gasteiger partial charge in [-0.2, -0.15) is 0 Å². The third kappa shape index (κ3) is 5.42. The number of carbonyl (C=O) groups is 3. The minimum atomic E-state index is -0.459. The Morgan fingerprint density at radius 1 is 0.974 bits per heavy atom. The Kier molecular flexibility index (Phi) is 7.73. The van der Waals surface area contributed by atoms with E-state index in [1.54, 1.807) is 30.5 Å². The number of halogens is 1. The van der Waals surface area contributed by atoms with Gasteiger partial charge in [0.05, 0.1) is 23.3 Å². The number of fused-ring (bicyclic) bond motifs is 2. The normalized spacial score (nSPS) is 15.7. The minimum Gasteiger partial charge on any atom is -0.395 e. The number of aliphatic hydroxyl groups excluding tert-OH is 1. The van der Waals surface area contributed by atoms with Crippen LogP contribution in [0.2, 0.25) is 5.02 Å². The maximum atomic E-state index is 13.0. The molecule has 38 heavy (non-hydrogen) atoms. The second-order valence-corrected chi connectivity index (χ2v) is 9.71. The van der Waals surface area contributed by atoms with E-state index in [9.17, 15) is 14.4 Å². The fourth-order valence-corrected chi connectivity index (χ4v) is 5.03. The van der Waals surface area contributed by atoms with Gasteiger partial charge < -0.3 is 20.6 Å². The summed E-state index contributed by atoms with van der Waals surface area (Å²) in [5.74, 6) is -1.33. The molecule has 0 saturated carbocycles. The standard InChI is InChI=1S/C27H29ClN6O4/c28-18-1-3-21-23(5-6-29-24(21)15-18)30-7-8-31-25(36)17-34-26(37)20-4-2-19(16-22(20)27(34)38)33-11-9-32(10-12-33)13-14-35/h1-6,15-16,35H,7-14,17H2,(H,29,30)(H,31,36). The summed E-state index contributed by atoms with van der Waals surface area (Å²) in [5.41, 5.74) is 3.15. The number of benzene rings is 2. The second kappa shape index (κ2) is 11.3. The Morgan fingerprint density at radius 2 is 1.76 bits per heavy atom. The van der Waals surface area contributed by atoms with E-state index in [2.05, 4.69) is 25.4 Å². The van der Waals surface area contributed by atoms with E-state index in [0.29, 0.717) is 35.8 Å². The van der Waals surface area contributed by atoms with Crippen LogP contribution in [0.1, 0.15) is 20.7 Å². The van der Waals surface area contributed by atoms with E-state index >= 15 is 0 Å². The molecule has 1 fully saturated rings. The first-order valence-corrected chi connectivity index (χ1v) is 13.0. The lowest BCUT2D eigenvalue weighted by molar-refractivity contribution is -0.121. The number of hydrogen-bond acceptors (Lipinski definition) is 8. The summed E-state index contributed by atoms with van der Waals surface area (Å²) >= 11 is 6.04. The summed E-state index contributed by atoms with van der Waals surface area (Å²) in [5, 5.41) is 16.7. The van der Waals surface area contributed by atoms with Crippen LogP contribution in [-0.4, -0.2) is 96.6 Å². The highest BCUT2D eigenvalue weighted by Gasteiger charge is 2.37. The van der Waals surface area contributed by atoms with Gasteiger partial charge in [-0.1, -0.05) is 11.6 Å². The number of hydrogen-bond donors (Lipinski definition) is 3. The van der Waals surface area contributed by atoms with Crippen molar-refractivity contribution in [2.45, 2.75) is 0 Å². The monoisotopic (exact) mass is 536 g/mol. The number of amides is 3. The van der Waals surface area contributed by atoms with Crippen LogP contribution >= 0.6 is 11.6 Å². The van der Waals surface area contributed by atoms with Crippen LogP contribution in [0.4, 0.5) is 11.4 Å². The lowest BCUT2D eigenvalue weighted by Gasteiger charge is -2.35. The molecule has 0 bridgehead atoms. The molecule has 2 aromatic carbocycles. The van der Waals surface area contributed by atoms with Crippen molar-refractivity contribution in [1.29, 1.82) is 0 Å². The van der Waals surface area contributed by atoms with E-state index in [1.165, 1.54) is 0 Å². The molecule has 10 nitrogen and oxygen atoms in total. The van der Waals surface area contributed by atoms with Crippen molar-refractivity contribution >= 4 is 51.6 Å². The van der Waals surface area contributed by atoms with Gasteiger partial charge in [-0.15, -0.1) is 0 Å². The van der Waals surface area contributed by atoms with Gasteiger partial charge in [0.25, 0.3) is 11.8 Å². The molecule has 0 aliphatic carbocycles. The van der Waals surface area contributed by atoms with Crippen molar-refractivity contribution in [3.63, 3.8) is 0 Å². The first kappa shape index (κ1) is 25.9. The van der Waals surface area contributed by atoms with Gasteiger partial charge in [0.2, 0.25) is 5.91 Å². The molecule has 0 unspecified atom stereocenters. The Morgan fingerprint density at radius 3 is 2.55 bits per heavy atom. The average Bonchev–Trinajstić information content (AvgIpc) is 3.15. The molecule has 3 heterocycles. The number of nitrogens with zero attached hydrogens (tertiary/aromatic N) is 4. The van der Waals surface area contributed by atoms with Gasteiger partial charge in [0.15, 0.2) is 0 Å². The van der Waals surface area contributed by atoms with Crippen molar-refractivity contribution in [3.8, 4) is 0 Å². The molecule has 1 saturated heterocycles. The highest BCUT2D eigenvalue weighted by Crippen LogP contribution is 2.28. The van der Waals surface area contributed by atoms with E-state index in [-0.39, 0.29) is 13.2 Å². The number of aliphatic hydroxyl groups is 1. The zero-order valence-electron chi connectivity index (χ0n) is 20.8. The fraction of sp³-hybridized carbons (Fsp3) is 0.333. The minimum absolute atomic E-state index is 0.132. The van der Waals surface area contributed by atoms with Crippen molar-refractivity contribution in [3.05, 3.63) is 64.8 Å². The number of β-amino-alcohol motifs (C(OH)–C–C–N with tert-alkyl or cyclic N) is 1. The van der Waals surface area contributed by atoms with E-state index in [4.69, 9.17) is 16.7 Å². The van der Waals surface area contributed by atoms with E-state index in [1.807, 2.05) is 18.2 Å². The van der Waals surface area contributed by atoms with Gasteiger partial charge in [-0.05, 0) is 42.5 Å². The summed E-state index contributed by atoms with van der Waals surface area (Å²) < 4.78 is 0. The lowest BCUT2D eigenvalue weighted by atomic mass is 10.1. The molecule has 2 aliphatic rings. The summed E-state index contributed by atoms with van der Waals surface area (Å²) in [4.78, 5) is 48.1. The third-order valence-electron chi connectivity index (χ3n) is 6.88. The first-order chi connectivity index (χ1) is 18.4. The number of anilines is 2. The zero-order valence-corrected chi connectivity index (χ0v) is 21.6. The van der Waals surface area contributed by atoms with Crippen LogP contribution in [0.15, 0.2) is 48.7 Å². The van der Waals surface area contributed by atoms with E-state index in [0.717, 1.165) is 53.4 Å². The Hall–Kier alpha value is -3.73. The van der Waals surface area contributed by atoms with Crippen LogP contribution in [0.5, 0.6) is 0 Å². The fourth-order valence-electron chi connectivity index (χ4n) is 4.86. The predicted molar refractivity (Wildman–Crippen MR) is 146 cm³/mol. The predicted octanol–water partition coefficient (Wildman–Crippen LogP) is 1.83. The van der Waals surface area contributed by atoms with Crippen molar-refractivity contribution in [2.75, 3.05) is 69.2 Å². The number of pyridine rings is 1. The molecular formula is C27H29ClN6O4. The molecule has 11 heteroatoms. The van der Waals surface area contributed by atoms with Crippen LogP contribution in [0.25, 0.3) is 10.9 Å². The van der Waals surface area contributed by atoms with Crippen LogP contribution in [0, 0.1) is 0 Å². The summed E-state index contributed by atoms with van der Waals surface area (Å²) in [6.45, 7) is 4.37. The van der Waals surface area contributed by atoms with Crippen LogP contribution in [-0.2, 0) is 4.79 Å². The maximum Gasteiger partial charge on any atom is 0.262 e. The van der Waals surface area contributed by atoms with Gasteiger partial charge in [-0.25, -0.2) is 0 Å². The third-order valence-corrected chi connectivity index (χ3v) is 7.11. The molecule has 3 aromatic rings. The Balaban J connectivity index is 1.14. The van der Waals surface area contributed by atoms with Gasteiger partial charge in [-0.3, -0.25) is 29.2 Å². The molecule has 2 aliphatic heterocycles. The van der Waals surface area contributed by atoms with Crippen LogP contribution in [0.3, 0.4) is 0 Å². The molecule has 198 valence electrons. The topological polar surface area (TPSA) is 118 Å². The molecule has 3 N–H and O–H groups in total. The van der Waals surface area contributed by atoms with Crippen LogP contribution < -0.4 is 15.5 Å². The number of rotatable bonds is 9. The van der Waals surface area contributed by atoms with Gasteiger partial charge in [0, 0.05) is 73.8 Å². The molecular weight excluding hydrogens is 508 g/mol. The Labute approximate surface area is 225 Å². The second-order valence-electron chi connectivity index (χ2n) is 9.28. The molecule has 0 radical (unpaired) electrons.